The van der Waals surface area contributed by atoms with E-state index in [1.165, 1.54) is 11.8 Å². The van der Waals surface area contributed by atoms with E-state index >= 15 is 0 Å². The van der Waals surface area contributed by atoms with E-state index in [9.17, 15) is 14.4 Å². The molecule has 31 heavy (non-hydrogen) atoms. The summed E-state index contributed by atoms with van der Waals surface area (Å²) in [5, 5.41) is 5.96. The number of carbonyl (C=O) groups excluding carboxylic acids is 3. The summed E-state index contributed by atoms with van der Waals surface area (Å²) in [5.41, 5.74) is 1.55. The van der Waals surface area contributed by atoms with Crippen molar-refractivity contribution >= 4 is 40.6 Å². The Balaban J connectivity index is 1.54. The summed E-state index contributed by atoms with van der Waals surface area (Å²) in [6, 6.07) is 14.5. The van der Waals surface area contributed by atoms with Gasteiger partial charge < -0.3 is 15.4 Å². The van der Waals surface area contributed by atoms with Crippen molar-refractivity contribution in [1.82, 2.24) is 0 Å². The first-order chi connectivity index (χ1) is 14.8. The molecule has 1 amide bonds. The summed E-state index contributed by atoms with van der Waals surface area (Å²) in [4.78, 5) is 40.7. The molecule has 0 saturated heterocycles. The summed E-state index contributed by atoms with van der Waals surface area (Å²) in [7, 11) is 0. The zero-order valence-electron chi connectivity index (χ0n) is 17.7. The normalized spacial score (nSPS) is 19.1. The lowest BCUT2D eigenvalue weighted by Crippen LogP contribution is -2.46. The molecule has 2 aromatic carbocycles. The molecule has 1 aliphatic heterocycles. The standard InChI is InChI=1S/C24H24N2O4S/c1-4-30-15-11-9-14(10-12-15)25-23(29)21(28)19-20(27)22-17(13-24(19,2)3)26-16-7-5-6-8-18(16)31-22/h5-12,19,26H,4,13H2,1-3H3,(H,25,29)/t19-/m0/s1. The van der Waals surface area contributed by atoms with Crippen molar-refractivity contribution in [1.29, 1.82) is 0 Å². The van der Waals surface area contributed by atoms with Gasteiger partial charge in [0.15, 0.2) is 5.78 Å². The number of Topliss-reactive ketones (excluding diaryl/α,β-unsaturated/α-hetero) is 2. The largest absolute Gasteiger partial charge is 0.494 e. The maximum Gasteiger partial charge on any atom is 0.292 e. The van der Waals surface area contributed by atoms with Gasteiger partial charge in [0.05, 0.1) is 23.1 Å². The van der Waals surface area contributed by atoms with Gasteiger partial charge in [-0.1, -0.05) is 37.7 Å². The molecule has 0 spiro atoms. The quantitative estimate of drug-likeness (QED) is 0.525. The molecule has 0 aromatic heterocycles. The van der Waals surface area contributed by atoms with Crippen LogP contribution in [0.4, 0.5) is 11.4 Å². The fourth-order valence-electron chi connectivity index (χ4n) is 4.02. The number of benzene rings is 2. The summed E-state index contributed by atoms with van der Waals surface area (Å²) in [6.07, 6.45) is 0.502. The van der Waals surface area contributed by atoms with Crippen molar-refractivity contribution in [2.45, 2.75) is 32.1 Å². The van der Waals surface area contributed by atoms with E-state index in [1.807, 2.05) is 45.0 Å². The third-order valence-electron chi connectivity index (χ3n) is 5.47. The molecule has 0 fully saturated rings. The highest BCUT2D eigenvalue weighted by Crippen LogP contribution is 2.50. The monoisotopic (exact) mass is 436 g/mol. The Bertz CT molecular complexity index is 1090. The van der Waals surface area contributed by atoms with Crippen LogP contribution in [-0.2, 0) is 14.4 Å². The molecule has 7 heteroatoms. The van der Waals surface area contributed by atoms with Crippen LogP contribution in [0.2, 0.25) is 0 Å². The van der Waals surface area contributed by atoms with Crippen molar-refractivity contribution in [3.05, 3.63) is 59.1 Å². The summed E-state index contributed by atoms with van der Waals surface area (Å²) in [5.74, 6) is -2.15. The number of thioether (sulfide) groups is 1. The molecule has 2 aliphatic rings. The van der Waals surface area contributed by atoms with E-state index in [1.54, 1.807) is 24.3 Å². The second kappa shape index (κ2) is 8.23. The molecule has 2 aromatic rings. The minimum atomic E-state index is -1.03. The number of hydrogen-bond donors (Lipinski definition) is 2. The number of ether oxygens (including phenoxy) is 1. The Morgan fingerprint density at radius 3 is 2.58 bits per heavy atom. The highest BCUT2D eigenvalue weighted by Gasteiger charge is 2.49. The molecular formula is C24H24N2O4S. The predicted molar refractivity (Wildman–Crippen MR) is 121 cm³/mol. The van der Waals surface area contributed by atoms with Gasteiger partial charge in [0.1, 0.15) is 5.75 Å². The second-order valence-electron chi connectivity index (χ2n) is 8.27. The van der Waals surface area contributed by atoms with Gasteiger partial charge in [-0.3, -0.25) is 14.4 Å². The third-order valence-corrected chi connectivity index (χ3v) is 6.70. The van der Waals surface area contributed by atoms with Gasteiger partial charge in [-0.2, -0.15) is 0 Å². The number of ketones is 2. The number of para-hydroxylation sites is 1. The molecule has 4 rings (SSSR count). The number of hydrogen-bond acceptors (Lipinski definition) is 6. The van der Waals surface area contributed by atoms with E-state index in [0.717, 1.165) is 16.3 Å². The van der Waals surface area contributed by atoms with Crippen molar-refractivity contribution in [3.63, 3.8) is 0 Å². The van der Waals surface area contributed by atoms with Crippen LogP contribution in [0.5, 0.6) is 5.75 Å². The number of rotatable bonds is 5. The highest BCUT2D eigenvalue weighted by atomic mass is 32.2. The fraction of sp³-hybridized carbons (Fsp3) is 0.292. The van der Waals surface area contributed by atoms with Gasteiger partial charge in [-0.25, -0.2) is 0 Å². The van der Waals surface area contributed by atoms with E-state index in [0.29, 0.717) is 29.4 Å². The Labute approximate surface area is 185 Å². The molecule has 0 radical (unpaired) electrons. The first kappa shape index (κ1) is 21.2. The van der Waals surface area contributed by atoms with Crippen LogP contribution in [0.15, 0.2) is 64.0 Å². The number of fused-ring (bicyclic) bond motifs is 1. The number of allylic oxidation sites excluding steroid dienone is 2. The van der Waals surface area contributed by atoms with Gasteiger partial charge >= 0.3 is 0 Å². The van der Waals surface area contributed by atoms with Crippen molar-refractivity contribution in [2.24, 2.45) is 11.3 Å². The van der Waals surface area contributed by atoms with E-state index in [2.05, 4.69) is 10.6 Å². The van der Waals surface area contributed by atoms with Crippen LogP contribution in [-0.4, -0.2) is 24.1 Å². The molecular weight excluding hydrogens is 412 g/mol. The zero-order chi connectivity index (χ0) is 22.2. The highest BCUT2D eigenvalue weighted by molar-refractivity contribution is 8.04. The predicted octanol–water partition coefficient (Wildman–Crippen LogP) is 4.64. The van der Waals surface area contributed by atoms with Crippen molar-refractivity contribution in [2.75, 3.05) is 17.2 Å². The van der Waals surface area contributed by atoms with Crippen molar-refractivity contribution < 1.29 is 19.1 Å². The molecule has 2 N–H and O–H groups in total. The van der Waals surface area contributed by atoms with Crippen LogP contribution >= 0.6 is 11.8 Å². The van der Waals surface area contributed by atoms with Crippen LogP contribution in [0, 0.1) is 11.3 Å². The number of amides is 1. The van der Waals surface area contributed by atoms with E-state index in [-0.39, 0.29) is 5.78 Å². The SMILES string of the molecule is CCOc1ccc(NC(=O)C(=O)[C@@H]2C(=O)C3=C(CC2(C)C)Nc2ccccc2S3)cc1. The first-order valence-corrected chi connectivity index (χ1v) is 11.0. The lowest BCUT2D eigenvalue weighted by molar-refractivity contribution is -0.144. The molecule has 160 valence electrons. The summed E-state index contributed by atoms with van der Waals surface area (Å²) < 4.78 is 5.39. The van der Waals surface area contributed by atoms with Crippen LogP contribution in [0.3, 0.4) is 0 Å². The summed E-state index contributed by atoms with van der Waals surface area (Å²) >= 11 is 1.36. The van der Waals surface area contributed by atoms with Gasteiger partial charge in [-0.05, 0) is 55.2 Å². The Kier molecular flexibility index (Phi) is 5.62. The maximum absolute atomic E-state index is 13.4. The smallest absolute Gasteiger partial charge is 0.292 e. The van der Waals surface area contributed by atoms with Gasteiger partial charge in [-0.15, -0.1) is 0 Å². The lowest BCUT2D eigenvalue weighted by Gasteiger charge is -2.40. The van der Waals surface area contributed by atoms with Crippen LogP contribution in [0.25, 0.3) is 0 Å². The Morgan fingerprint density at radius 1 is 1.16 bits per heavy atom. The van der Waals surface area contributed by atoms with Crippen LogP contribution < -0.4 is 15.4 Å². The Hall–Kier alpha value is -3.06. The number of nitrogens with one attached hydrogen (secondary N) is 2. The van der Waals surface area contributed by atoms with Gasteiger partial charge in [0.2, 0.25) is 5.78 Å². The average Bonchev–Trinajstić information content (AvgIpc) is 2.73. The first-order valence-electron chi connectivity index (χ1n) is 10.2. The number of anilines is 2. The van der Waals surface area contributed by atoms with E-state index < -0.39 is 23.0 Å². The Morgan fingerprint density at radius 2 is 1.87 bits per heavy atom. The third kappa shape index (κ3) is 4.10. The molecule has 0 saturated carbocycles. The summed E-state index contributed by atoms with van der Waals surface area (Å²) in [6.45, 7) is 6.14. The van der Waals surface area contributed by atoms with Crippen LogP contribution in [0.1, 0.15) is 27.2 Å². The van der Waals surface area contributed by atoms with Crippen molar-refractivity contribution in [3.8, 4) is 5.75 Å². The lowest BCUT2D eigenvalue weighted by atomic mass is 9.67. The van der Waals surface area contributed by atoms with Gasteiger partial charge in [0, 0.05) is 16.3 Å². The number of carbonyl (C=O) groups is 3. The zero-order valence-corrected chi connectivity index (χ0v) is 18.5. The topological polar surface area (TPSA) is 84.5 Å². The maximum atomic E-state index is 13.4. The van der Waals surface area contributed by atoms with Gasteiger partial charge in [0.25, 0.3) is 5.91 Å². The molecule has 6 nitrogen and oxygen atoms in total. The molecule has 1 heterocycles. The molecule has 0 unspecified atom stereocenters. The minimum Gasteiger partial charge on any atom is -0.494 e. The molecule has 0 bridgehead atoms. The van der Waals surface area contributed by atoms with E-state index in [4.69, 9.17) is 4.74 Å². The fourth-order valence-corrected chi connectivity index (χ4v) is 5.08. The second-order valence-corrected chi connectivity index (χ2v) is 9.32. The minimum absolute atomic E-state index is 0.301. The molecule has 1 atom stereocenters. The molecule has 1 aliphatic carbocycles. The average molecular weight is 437 g/mol.